The second-order valence-electron chi connectivity index (χ2n) is 5.89. The fourth-order valence-corrected chi connectivity index (χ4v) is 3.42. The maximum Gasteiger partial charge on any atom is 0.273 e. The van der Waals surface area contributed by atoms with Crippen LogP contribution in [-0.2, 0) is 10.0 Å². The summed E-state index contributed by atoms with van der Waals surface area (Å²) in [6.07, 6.45) is 5.89. The lowest BCUT2D eigenvalue weighted by molar-refractivity contribution is 0.192. The molecule has 0 aliphatic heterocycles. The Morgan fingerprint density at radius 3 is 2.61 bits per heavy atom. The summed E-state index contributed by atoms with van der Waals surface area (Å²) in [5.74, 6) is 0.447. The average molecular weight is 271 g/mol. The predicted molar refractivity (Wildman–Crippen MR) is 69.6 cm³/mol. The molecule has 1 aromatic heterocycles. The van der Waals surface area contributed by atoms with Crippen molar-refractivity contribution in [3.8, 4) is 0 Å². The molecule has 1 N–H and O–H groups in total. The third-order valence-corrected chi connectivity index (χ3v) is 5.09. The summed E-state index contributed by atoms with van der Waals surface area (Å²) in [5.41, 5.74) is 0.413. The van der Waals surface area contributed by atoms with Crippen LogP contribution in [0.15, 0.2) is 27.9 Å². The van der Waals surface area contributed by atoms with Gasteiger partial charge in [0, 0.05) is 6.54 Å². The highest BCUT2D eigenvalue weighted by Gasteiger charge is 2.28. The van der Waals surface area contributed by atoms with Crippen molar-refractivity contribution in [1.29, 1.82) is 0 Å². The number of furan rings is 1. The quantitative estimate of drug-likeness (QED) is 0.916. The van der Waals surface area contributed by atoms with Crippen molar-refractivity contribution in [2.24, 2.45) is 11.3 Å². The number of sulfonamides is 1. The van der Waals surface area contributed by atoms with Gasteiger partial charge in [0.15, 0.2) is 0 Å². The molecule has 5 heteroatoms. The third kappa shape index (κ3) is 3.36. The second kappa shape index (κ2) is 5.05. The lowest BCUT2D eigenvalue weighted by atomic mass is 9.73. The van der Waals surface area contributed by atoms with Gasteiger partial charge in [-0.15, -0.1) is 0 Å². The maximum atomic E-state index is 11.9. The Hall–Kier alpha value is -0.810. The normalized spacial score (nSPS) is 21.0. The fraction of sp³-hybridized carbons (Fsp3) is 0.692. The Bertz CT molecular complexity index is 466. The van der Waals surface area contributed by atoms with Gasteiger partial charge >= 0.3 is 0 Å². The highest BCUT2D eigenvalue weighted by Crippen LogP contribution is 2.37. The Morgan fingerprint density at radius 1 is 1.39 bits per heavy atom. The Kier molecular flexibility index (Phi) is 3.82. The SMILES string of the molecule is CC1(C)CCC(CNS(=O)(=O)c2ccco2)CC1. The molecule has 0 amide bonds. The summed E-state index contributed by atoms with van der Waals surface area (Å²) in [6.45, 7) is 5.06. The zero-order chi connectivity index (χ0) is 13.2. The molecule has 4 nitrogen and oxygen atoms in total. The van der Waals surface area contributed by atoms with E-state index in [1.54, 1.807) is 6.07 Å². The molecule has 2 rings (SSSR count). The van der Waals surface area contributed by atoms with Gasteiger partial charge in [-0.2, -0.15) is 0 Å². The third-order valence-electron chi connectivity index (χ3n) is 3.78. The van der Waals surface area contributed by atoms with Crippen molar-refractivity contribution in [2.45, 2.75) is 44.6 Å². The highest BCUT2D eigenvalue weighted by atomic mass is 32.2. The first-order valence-electron chi connectivity index (χ1n) is 6.42. The minimum Gasteiger partial charge on any atom is -0.452 e. The molecule has 0 atom stereocenters. The summed E-state index contributed by atoms with van der Waals surface area (Å²) in [5, 5.41) is -0.00126. The first kappa shape index (κ1) is 13.6. The van der Waals surface area contributed by atoms with Crippen LogP contribution in [0.5, 0.6) is 0 Å². The standard InChI is InChI=1S/C13H21NO3S/c1-13(2)7-5-11(6-8-13)10-14-18(15,16)12-4-3-9-17-12/h3-4,9,11,14H,5-8,10H2,1-2H3. The van der Waals surface area contributed by atoms with Crippen molar-refractivity contribution in [2.75, 3.05) is 6.54 Å². The molecular formula is C13H21NO3S. The minimum absolute atomic E-state index is 0.00126. The monoisotopic (exact) mass is 271 g/mol. The molecule has 0 spiro atoms. The van der Waals surface area contributed by atoms with E-state index in [4.69, 9.17) is 4.42 Å². The van der Waals surface area contributed by atoms with E-state index in [9.17, 15) is 8.42 Å². The van der Waals surface area contributed by atoms with Crippen LogP contribution in [0.1, 0.15) is 39.5 Å². The van der Waals surface area contributed by atoms with Gasteiger partial charge < -0.3 is 4.42 Å². The van der Waals surface area contributed by atoms with E-state index in [-0.39, 0.29) is 5.09 Å². The van der Waals surface area contributed by atoms with Gasteiger partial charge in [-0.3, -0.25) is 0 Å². The summed E-state index contributed by atoms with van der Waals surface area (Å²) in [7, 11) is -3.46. The van der Waals surface area contributed by atoms with Crippen molar-refractivity contribution in [3.63, 3.8) is 0 Å². The van der Waals surface area contributed by atoms with Gasteiger partial charge in [-0.05, 0) is 49.1 Å². The minimum atomic E-state index is -3.46. The summed E-state index contributed by atoms with van der Waals surface area (Å²) < 4.78 is 31.3. The average Bonchev–Trinajstić information content (AvgIpc) is 2.81. The maximum absolute atomic E-state index is 11.9. The summed E-state index contributed by atoms with van der Waals surface area (Å²) in [6, 6.07) is 3.05. The Balaban J connectivity index is 1.86. The largest absolute Gasteiger partial charge is 0.452 e. The number of rotatable bonds is 4. The van der Waals surface area contributed by atoms with Crippen molar-refractivity contribution in [3.05, 3.63) is 18.4 Å². The van der Waals surface area contributed by atoms with Crippen LogP contribution in [0, 0.1) is 11.3 Å². The molecule has 1 saturated carbocycles. The Morgan fingerprint density at radius 2 is 2.06 bits per heavy atom. The van der Waals surface area contributed by atoms with E-state index in [2.05, 4.69) is 18.6 Å². The van der Waals surface area contributed by atoms with Crippen molar-refractivity contribution >= 4 is 10.0 Å². The molecule has 1 aliphatic rings. The molecule has 1 aromatic rings. The van der Waals surface area contributed by atoms with Gasteiger partial charge in [0.2, 0.25) is 5.09 Å². The van der Waals surface area contributed by atoms with Crippen LogP contribution in [0.4, 0.5) is 0 Å². The Labute approximate surface area is 109 Å². The zero-order valence-electron chi connectivity index (χ0n) is 11.0. The van der Waals surface area contributed by atoms with Gasteiger partial charge in [-0.1, -0.05) is 13.8 Å². The molecule has 1 aliphatic carbocycles. The predicted octanol–water partition coefficient (Wildman–Crippen LogP) is 2.77. The van der Waals surface area contributed by atoms with Crippen molar-refractivity contribution < 1.29 is 12.8 Å². The second-order valence-corrected chi connectivity index (χ2v) is 7.59. The van der Waals surface area contributed by atoms with Gasteiger partial charge in [0.05, 0.1) is 6.26 Å². The topological polar surface area (TPSA) is 59.3 Å². The summed E-state index contributed by atoms with van der Waals surface area (Å²) in [4.78, 5) is 0. The first-order chi connectivity index (χ1) is 8.39. The molecule has 0 radical (unpaired) electrons. The zero-order valence-corrected chi connectivity index (χ0v) is 11.8. The molecule has 1 fully saturated rings. The molecule has 0 bridgehead atoms. The first-order valence-corrected chi connectivity index (χ1v) is 7.91. The smallest absolute Gasteiger partial charge is 0.273 e. The summed E-state index contributed by atoms with van der Waals surface area (Å²) >= 11 is 0. The van der Waals surface area contributed by atoms with E-state index in [1.165, 1.54) is 25.2 Å². The molecular weight excluding hydrogens is 250 g/mol. The number of nitrogens with one attached hydrogen (secondary N) is 1. The van der Waals surface area contributed by atoms with E-state index in [0.717, 1.165) is 12.8 Å². The van der Waals surface area contributed by atoms with Crippen molar-refractivity contribution in [1.82, 2.24) is 4.72 Å². The van der Waals surface area contributed by atoms with Crippen LogP contribution in [0.25, 0.3) is 0 Å². The lowest BCUT2D eigenvalue weighted by Crippen LogP contribution is -2.32. The van der Waals surface area contributed by atoms with E-state index in [1.807, 2.05) is 0 Å². The highest BCUT2D eigenvalue weighted by molar-refractivity contribution is 7.89. The fourth-order valence-electron chi connectivity index (χ4n) is 2.38. The molecule has 0 saturated heterocycles. The van der Waals surface area contributed by atoms with Crippen LogP contribution < -0.4 is 4.72 Å². The van der Waals surface area contributed by atoms with Crippen LogP contribution in [-0.4, -0.2) is 15.0 Å². The molecule has 0 unspecified atom stereocenters. The molecule has 0 aromatic carbocycles. The molecule has 102 valence electrons. The lowest BCUT2D eigenvalue weighted by Gasteiger charge is -2.34. The number of hydrogen-bond acceptors (Lipinski definition) is 3. The molecule has 18 heavy (non-hydrogen) atoms. The van der Waals surface area contributed by atoms with Crippen LogP contribution in [0.2, 0.25) is 0 Å². The van der Waals surface area contributed by atoms with Crippen LogP contribution >= 0.6 is 0 Å². The van der Waals surface area contributed by atoms with E-state index in [0.29, 0.717) is 17.9 Å². The van der Waals surface area contributed by atoms with E-state index >= 15 is 0 Å². The number of hydrogen-bond donors (Lipinski definition) is 1. The van der Waals surface area contributed by atoms with Gasteiger partial charge in [0.1, 0.15) is 0 Å². The van der Waals surface area contributed by atoms with Crippen LogP contribution in [0.3, 0.4) is 0 Å². The van der Waals surface area contributed by atoms with Gasteiger partial charge in [-0.25, -0.2) is 13.1 Å². The van der Waals surface area contributed by atoms with Gasteiger partial charge in [0.25, 0.3) is 10.0 Å². The van der Waals surface area contributed by atoms with E-state index < -0.39 is 10.0 Å². The molecule has 1 heterocycles.